The molecule has 0 amide bonds. The molecule has 1 fully saturated rings. The molecule has 0 radical (unpaired) electrons. The van der Waals surface area contributed by atoms with Gasteiger partial charge in [-0.25, -0.2) is 0 Å². The van der Waals surface area contributed by atoms with Crippen LogP contribution in [0.1, 0.15) is 30.7 Å². The Morgan fingerprint density at radius 3 is 2.13 bits per heavy atom. The zero-order valence-corrected chi connectivity index (χ0v) is 9.49. The number of pyridine rings is 1. The fraction of sp³-hybridized carbons (Fsp3) is 0.583. The Labute approximate surface area is 90.9 Å². The molecule has 2 heterocycles. The number of hydrogen-bond acceptors (Lipinski definition) is 2. The minimum absolute atomic E-state index is 0.788. The summed E-state index contributed by atoms with van der Waals surface area (Å²) in [6, 6.07) is 3.98. The van der Waals surface area contributed by atoms with Crippen LogP contribution in [0.2, 0.25) is 0 Å². The van der Waals surface area contributed by atoms with Crippen LogP contribution in [0.15, 0.2) is 12.1 Å². The van der Waals surface area contributed by atoms with Gasteiger partial charge in [0, 0.05) is 44.8 Å². The first kappa shape index (κ1) is 10.3. The maximum Gasteiger partial charge on any atom is 0.191 e. The molecule has 15 heavy (non-hydrogen) atoms. The van der Waals surface area contributed by atoms with Crippen molar-refractivity contribution >= 4 is 5.69 Å². The van der Waals surface area contributed by atoms with E-state index in [1.807, 2.05) is 26.0 Å². The van der Waals surface area contributed by atoms with Crippen molar-refractivity contribution in [1.82, 2.24) is 0 Å². The average Bonchev–Trinajstić information content (AvgIpc) is 2.26. The van der Waals surface area contributed by atoms with E-state index in [2.05, 4.69) is 4.90 Å². The van der Waals surface area contributed by atoms with Crippen LogP contribution in [0.4, 0.5) is 5.69 Å². The van der Waals surface area contributed by atoms with Gasteiger partial charge in [-0.1, -0.05) is 0 Å². The molecule has 1 aromatic heterocycles. The van der Waals surface area contributed by atoms with Gasteiger partial charge in [-0.2, -0.15) is 4.73 Å². The monoisotopic (exact) mass is 206 g/mol. The summed E-state index contributed by atoms with van der Waals surface area (Å²) in [5, 5.41) is 11.5. The Bertz CT molecular complexity index is 334. The molecule has 0 bridgehead atoms. The molecule has 3 nitrogen and oxygen atoms in total. The standard InChI is InChI=1S/C12H18N2O/c1-10-8-12(9-11(2)14(10)15)13-6-4-3-5-7-13/h8-9H,3-7H2,1-2H3. The van der Waals surface area contributed by atoms with Crippen molar-refractivity contribution in [2.24, 2.45) is 0 Å². The summed E-state index contributed by atoms with van der Waals surface area (Å²) in [4.78, 5) is 2.38. The highest BCUT2D eigenvalue weighted by Gasteiger charge is 2.14. The van der Waals surface area contributed by atoms with Gasteiger partial charge in [0.25, 0.3) is 0 Å². The van der Waals surface area contributed by atoms with Gasteiger partial charge in [0.05, 0.1) is 0 Å². The maximum absolute atomic E-state index is 11.5. The number of aryl methyl sites for hydroxylation is 2. The van der Waals surface area contributed by atoms with Crippen LogP contribution in [0.3, 0.4) is 0 Å². The van der Waals surface area contributed by atoms with E-state index < -0.39 is 0 Å². The van der Waals surface area contributed by atoms with Gasteiger partial charge < -0.3 is 10.1 Å². The normalized spacial score (nSPS) is 16.8. The lowest BCUT2D eigenvalue weighted by atomic mass is 10.1. The molecule has 1 aliphatic heterocycles. The third kappa shape index (κ3) is 2.06. The molecule has 0 spiro atoms. The zero-order valence-electron chi connectivity index (χ0n) is 9.49. The van der Waals surface area contributed by atoms with Crippen LogP contribution >= 0.6 is 0 Å². The van der Waals surface area contributed by atoms with E-state index >= 15 is 0 Å². The third-order valence-electron chi connectivity index (χ3n) is 3.08. The zero-order chi connectivity index (χ0) is 10.8. The number of rotatable bonds is 1. The van der Waals surface area contributed by atoms with Gasteiger partial charge >= 0.3 is 0 Å². The predicted octanol–water partition coefficient (Wildman–Crippen LogP) is 1.93. The second-order valence-electron chi connectivity index (χ2n) is 4.34. The topological polar surface area (TPSA) is 30.2 Å². The molecular formula is C12H18N2O. The van der Waals surface area contributed by atoms with E-state index in [4.69, 9.17) is 0 Å². The summed E-state index contributed by atoms with van der Waals surface area (Å²) >= 11 is 0. The second-order valence-corrected chi connectivity index (χ2v) is 4.34. The average molecular weight is 206 g/mol. The molecule has 1 aliphatic rings. The van der Waals surface area contributed by atoms with Crippen molar-refractivity contribution in [3.8, 4) is 0 Å². The Morgan fingerprint density at radius 1 is 1.07 bits per heavy atom. The van der Waals surface area contributed by atoms with Crippen molar-refractivity contribution in [3.05, 3.63) is 28.7 Å². The summed E-state index contributed by atoms with van der Waals surface area (Å²) in [6.45, 7) is 5.99. The summed E-state index contributed by atoms with van der Waals surface area (Å²) in [5.74, 6) is 0. The molecule has 0 aliphatic carbocycles. The number of hydrogen-bond donors (Lipinski definition) is 0. The SMILES string of the molecule is Cc1cc(N2CCCCC2)cc(C)[n+]1[O-]. The molecule has 1 aromatic rings. The lowest BCUT2D eigenvalue weighted by Crippen LogP contribution is -2.36. The molecule has 2 rings (SSSR count). The Balaban J connectivity index is 2.27. The minimum atomic E-state index is 0.788. The molecule has 3 heteroatoms. The van der Waals surface area contributed by atoms with Gasteiger partial charge in [-0.3, -0.25) is 0 Å². The second kappa shape index (κ2) is 4.09. The molecule has 0 atom stereocenters. The van der Waals surface area contributed by atoms with Crippen molar-refractivity contribution in [3.63, 3.8) is 0 Å². The lowest BCUT2D eigenvalue weighted by molar-refractivity contribution is -0.619. The molecule has 0 unspecified atom stereocenters. The highest BCUT2D eigenvalue weighted by Crippen LogP contribution is 2.20. The van der Waals surface area contributed by atoms with Gasteiger partial charge in [0.2, 0.25) is 0 Å². The van der Waals surface area contributed by atoms with Crippen LogP contribution in [0.25, 0.3) is 0 Å². The molecule has 82 valence electrons. The summed E-state index contributed by atoms with van der Waals surface area (Å²) in [6.07, 6.45) is 3.87. The largest absolute Gasteiger partial charge is 0.618 e. The number of aromatic nitrogens is 1. The van der Waals surface area contributed by atoms with E-state index in [0.29, 0.717) is 0 Å². The first-order valence-electron chi connectivity index (χ1n) is 5.64. The molecular weight excluding hydrogens is 188 g/mol. The first-order valence-corrected chi connectivity index (χ1v) is 5.64. The van der Waals surface area contributed by atoms with Gasteiger partial charge in [-0.15, -0.1) is 0 Å². The highest BCUT2D eigenvalue weighted by molar-refractivity contribution is 5.47. The first-order chi connectivity index (χ1) is 7.18. The van der Waals surface area contributed by atoms with E-state index in [1.54, 1.807) is 0 Å². The van der Waals surface area contributed by atoms with Crippen LogP contribution in [-0.2, 0) is 0 Å². The number of anilines is 1. The Kier molecular flexibility index (Phi) is 2.80. The fourth-order valence-corrected chi connectivity index (χ4v) is 2.20. The predicted molar refractivity (Wildman–Crippen MR) is 60.9 cm³/mol. The minimum Gasteiger partial charge on any atom is -0.618 e. The van der Waals surface area contributed by atoms with E-state index in [0.717, 1.165) is 29.2 Å². The summed E-state index contributed by atoms with van der Waals surface area (Å²) in [5.41, 5.74) is 2.78. The van der Waals surface area contributed by atoms with Crippen molar-refractivity contribution in [2.75, 3.05) is 18.0 Å². The van der Waals surface area contributed by atoms with Crippen LogP contribution in [-0.4, -0.2) is 13.1 Å². The van der Waals surface area contributed by atoms with Crippen molar-refractivity contribution in [2.45, 2.75) is 33.1 Å². The van der Waals surface area contributed by atoms with Crippen LogP contribution in [0.5, 0.6) is 0 Å². The third-order valence-corrected chi connectivity index (χ3v) is 3.08. The number of nitrogens with zero attached hydrogens (tertiary/aromatic N) is 2. The molecule has 0 aromatic carbocycles. The molecule has 0 N–H and O–H groups in total. The smallest absolute Gasteiger partial charge is 0.191 e. The van der Waals surface area contributed by atoms with Crippen molar-refractivity contribution in [1.29, 1.82) is 0 Å². The Hall–Kier alpha value is -1.25. The summed E-state index contributed by atoms with van der Waals surface area (Å²) in [7, 11) is 0. The van der Waals surface area contributed by atoms with Gasteiger partial charge in [0.1, 0.15) is 0 Å². The molecule has 0 saturated carbocycles. The maximum atomic E-state index is 11.5. The van der Waals surface area contributed by atoms with Gasteiger partial charge in [-0.05, 0) is 19.3 Å². The molecule has 1 saturated heterocycles. The Morgan fingerprint density at radius 2 is 1.60 bits per heavy atom. The highest BCUT2D eigenvalue weighted by atomic mass is 16.5. The number of piperidine rings is 1. The fourth-order valence-electron chi connectivity index (χ4n) is 2.20. The quantitative estimate of drug-likeness (QED) is 0.519. The van der Waals surface area contributed by atoms with Crippen LogP contribution < -0.4 is 9.63 Å². The van der Waals surface area contributed by atoms with Crippen molar-refractivity contribution < 1.29 is 4.73 Å². The van der Waals surface area contributed by atoms with E-state index in [-0.39, 0.29) is 0 Å². The van der Waals surface area contributed by atoms with E-state index in [1.165, 1.54) is 24.9 Å². The summed E-state index contributed by atoms with van der Waals surface area (Å²) < 4.78 is 0.993. The van der Waals surface area contributed by atoms with Crippen LogP contribution in [0, 0.1) is 19.1 Å². The van der Waals surface area contributed by atoms with E-state index in [9.17, 15) is 5.21 Å². The lowest BCUT2D eigenvalue weighted by Gasteiger charge is -2.28. The van der Waals surface area contributed by atoms with Gasteiger partial charge in [0.15, 0.2) is 11.4 Å².